The minimum Gasteiger partial charge on any atom is -0.435 e. The Morgan fingerprint density at radius 3 is 2.38 bits per heavy atom. The standard InChI is InChI=1S/C18H18F2N2O2S.ClH/c19-18(20)24-14-3-1-11(2-4-14)15-5-6-16(25-15)17(23)22-9-12-7-21-8-13(12)10-22;/h1-6,12-13,18,21H,7-10H2;1H/t12-,13+;. The van der Waals surface area contributed by atoms with Crippen molar-refractivity contribution in [1.82, 2.24) is 10.2 Å². The van der Waals surface area contributed by atoms with Gasteiger partial charge in [0.05, 0.1) is 4.88 Å². The Morgan fingerprint density at radius 2 is 1.77 bits per heavy atom. The molecule has 2 aliphatic rings. The van der Waals surface area contributed by atoms with E-state index in [9.17, 15) is 13.6 Å². The van der Waals surface area contributed by atoms with E-state index in [-0.39, 0.29) is 24.1 Å². The van der Waals surface area contributed by atoms with Crippen molar-refractivity contribution in [1.29, 1.82) is 0 Å². The minimum absolute atomic E-state index is 0. The molecule has 2 aromatic rings. The lowest BCUT2D eigenvalue weighted by Gasteiger charge is -2.16. The van der Waals surface area contributed by atoms with Crippen LogP contribution in [0, 0.1) is 11.8 Å². The molecule has 8 heteroatoms. The predicted molar refractivity (Wildman–Crippen MR) is 99.4 cm³/mol. The van der Waals surface area contributed by atoms with Gasteiger partial charge >= 0.3 is 6.61 Å². The number of carbonyl (C=O) groups is 1. The number of halogens is 3. The summed E-state index contributed by atoms with van der Waals surface area (Å²) in [6.07, 6.45) is 0. The lowest BCUT2D eigenvalue weighted by Crippen LogP contribution is -2.31. The second-order valence-corrected chi connectivity index (χ2v) is 7.54. The minimum atomic E-state index is -2.83. The number of alkyl halides is 2. The molecule has 1 N–H and O–H groups in total. The highest BCUT2D eigenvalue weighted by molar-refractivity contribution is 7.17. The first-order valence-electron chi connectivity index (χ1n) is 8.25. The SMILES string of the molecule is Cl.O=C(c1ccc(-c2ccc(OC(F)F)cc2)s1)N1C[C@H]2CNC[C@H]2C1. The second kappa shape index (κ2) is 7.90. The molecule has 1 aromatic carbocycles. The molecule has 140 valence electrons. The molecule has 2 atom stereocenters. The number of hydrogen-bond acceptors (Lipinski definition) is 4. The second-order valence-electron chi connectivity index (χ2n) is 6.46. The van der Waals surface area contributed by atoms with E-state index < -0.39 is 6.61 Å². The number of rotatable bonds is 4. The molecule has 26 heavy (non-hydrogen) atoms. The summed E-state index contributed by atoms with van der Waals surface area (Å²) in [7, 11) is 0. The number of benzene rings is 1. The summed E-state index contributed by atoms with van der Waals surface area (Å²) in [5, 5.41) is 3.37. The van der Waals surface area contributed by atoms with Crippen molar-refractivity contribution >= 4 is 29.7 Å². The molecular formula is C18H19ClF2N2O2S. The third-order valence-corrected chi connectivity index (χ3v) is 5.98. The summed E-state index contributed by atoms with van der Waals surface area (Å²) in [4.78, 5) is 16.3. The number of carbonyl (C=O) groups excluding carboxylic acids is 1. The zero-order chi connectivity index (χ0) is 17.4. The predicted octanol–water partition coefficient (Wildman–Crippen LogP) is 3.73. The zero-order valence-corrected chi connectivity index (χ0v) is 15.5. The van der Waals surface area contributed by atoms with Crippen molar-refractivity contribution in [3.63, 3.8) is 0 Å². The monoisotopic (exact) mass is 400 g/mol. The van der Waals surface area contributed by atoms with Gasteiger partial charge in [-0.1, -0.05) is 0 Å². The molecule has 0 spiro atoms. The van der Waals surface area contributed by atoms with Gasteiger partial charge in [-0.2, -0.15) is 8.78 Å². The van der Waals surface area contributed by atoms with Gasteiger partial charge in [0, 0.05) is 31.1 Å². The van der Waals surface area contributed by atoms with E-state index >= 15 is 0 Å². The Hall–Kier alpha value is -1.70. The van der Waals surface area contributed by atoms with Crippen LogP contribution in [-0.4, -0.2) is 43.6 Å². The number of amides is 1. The first-order chi connectivity index (χ1) is 12.1. The van der Waals surface area contributed by atoms with E-state index in [2.05, 4.69) is 10.1 Å². The summed E-state index contributed by atoms with van der Waals surface area (Å²) < 4.78 is 28.8. The average molecular weight is 401 g/mol. The van der Waals surface area contributed by atoms with E-state index in [1.807, 2.05) is 17.0 Å². The lowest BCUT2D eigenvalue weighted by atomic mass is 10.0. The van der Waals surface area contributed by atoms with Gasteiger partial charge in [0.15, 0.2) is 0 Å². The van der Waals surface area contributed by atoms with Gasteiger partial charge in [-0.25, -0.2) is 0 Å². The van der Waals surface area contributed by atoms with E-state index in [0.29, 0.717) is 11.8 Å². The molecule has 1 aromatic heterocycles. The van der Waals surface area contributed by atoms with Gasteiger partial charge in [0.1, 0.15) is 5.75 Å². The number of nitrogens with one attached hydrogen (secondary N) is 1. The third-order valence-electron chi connectivity index (χ3n) is 4.86. The highest BCUT2D eigenvalue weighted by Crippen LogP contribution is 2.33. The third kappa shape index (κ3) is 3.84. The van der Waals surface area contributed by atoms with E-state index in [1.165, 1.54) is 23.5 Å². The molecule has 0 saturated carbocycles. The number of likely N-dealkylation sites (tertiary alicyclic amines) is 1. The van der Waals surface area contributed by atoms with Crippen LogP contribution in [0.1, 0.15) is 9.67 Å². The highest BCUT2D eigenvalue weighted by Gasteiger charge is 2.38. The van der Waals surface area contributed by atoms with Crippen LogP contribution in [-0.2, 0) is 0 Å². The van der Waals surface area contributed by atoms with E-state index in [4.69, 9.17) is 0 Å². The number of ether oxygens (including phenoxy) is 1. The molecular weight excluding hydrogens is 382 g/mol. The Balaban J connectivity index is 0.00000196. The Kier molecular flexibility index (Phi) is 5.79. The van der Waals surface area contributed by atoms with Gasteiger partial charge in [-0.05, 0) is 53.8 Å². The summed E-state index contributed by atoms with van der Waals surface area (Å²) in [6, 6.07) is 10.2. The normalized spacial score (nSPS) is 21.6. The van der Waals surface area contributed by atoms with Crippen molar-refractivity contribution in [2.24, 2.45) is 11.8 Å². The quantitative estimate of drug-likeness (QED) is 0.850. The fraction of sp³-hybridized carbons (Fsp3) is 0.389. The van der Waals surface area contributed by atoms with Crippen LogP contribution in [0.3, 0.4) is 0 Å². The average Bonchev–Trinajstić information content (AvgIpc) is 3.30. The molecule has 0 unspecified atom stereocenters. The highest BCUT2D eigenvalue weighted by atomic mass is 35.5. The summed E-state index contributed by atoms with van der Waals surface area (Å²) >= 11 is 1.43. The van der Waals surface area contributed by atoms with E-state index in [1.54, 1.807) is 12.1 Å². The topological polar surface area (TPSA) is 41.6 Å². The van der Waals surface area contributed by atoms with Crippen molar-refractivity contribution in [3.8, 4) is 16.2 Å². The van der Waals surface area contributed by atoms with Crippen LogP contribution in [0.25, 0.3) is 10.4 Å². The van der Waals surface area contributed by atoms with Crippen molar-refractivity contribution < 1.29 is 18.3 Å². The maximum absolute atomic E-state index is 12.7. The molecule has 1 amide bonds. The smallest absolute Gasteiger partial charge is 0.387 e. The molecule has 4 nitrogen and oxygen atoms in total. The fourth-order valence-electron chi connectivity index (χ4n) is 3.59. The van der Waals surface area contributed by atoms with Crippen molar-refractivity contribution in [3.05, 3.63) is 41.3 Å². The molecule has 2 fully saturated rings. The molecule has 4 rings (SSSR count). The van der Waals surface area contributed by atoms with Crippen molar-refractivity contribution in [2.45, 2.75) is 6.61 Å². The van der Waals surface area contributed by atoms with Gasteiger partial charge in [-0.3, -0.25) is 4.79 Å². The molecule has 3 heterocycles. The van der Waals surface area contributed by atoms with Crippen LogP contribution < -0.4 is 10.1 Å². The van der Waals surface area contributed by atoms with Gasteiger partial charge in [0.25, 0.3) is 5.91 Å². The van der Waals surface area contributed by atoms with Crippen LogP contribution in [0.15, 0.2) is 36.4 Å². The largest absolute Gasteiger partial charge is 0.435 e. The number of thiophene rings is 1. The van der Waals surface area contributed by atoms with Crippen LogP contribution in [0.5, 0.6) is 5.75 Å². The summed E-state index contributed by atoms with van der Waals surface area (Å²) in [5.74, 6) is 1.36. The number of nitrogens with zero attached hydrogens (tertiary/aromatic N) is 1. The van der Waals surface area contributed by atoms with Crippen LogP contribution in [0.4, 0.5) is 8.78 Å². The Labute approximate surface area is 160 Å². The van der Waals surface area contributed by atoms with Gasteiger partial charge < -0.3 is 15.0 Å². The molecule has 2 aliphatic heterocycles. The molecule has 2 saturated heterocycles. The first kappa shape index (κ1) is 19.1. The van der Waals surface area contributed by atoms with Crippen LogP contribution >= 0.6 is 23.7 Å². The van der Waals surface area contributed by atoms with Gasteiger partial charge in [0.2, 0.25) is 0 Å². The summed E-state index contributed by atoms with van der Waals surface area (Å²) in [5.41, 5.74) is 0.883. The Bertz CT molecular complexity index is 757. The molecule has 0 bridgehead atoms. The van der Waals surface area contributed by atoms with Crippen LogP contribution in [0.2, 0.25) is 0 Å². The van der Waals surface area contributed by atoms with E-state index in [0.717, 1.165) is 41.5 Å². The zero-order valence-electron chi connectivity index (χ0n) is 13.9. The number of fused-ring (bicyclic) bond motifs is 1. The summed E-state index contributed by atoms with van der Waals surface area (Å²) in [6.45, 7) is 0.813. The first-order valence-corrected chi connectivity index (χ1v) is 9.07. The maximum Gasteiger partial charge on any atom is 0.387 e. The lowest BCUT2D eigenvalue weighted by molar-refractivity contribution is -0.0498. The van der Waals surface area contributed by atoms with Gasteiger partial charge in [-0.15, -0.1) is 23.7 Å². The Morgan fingerprint density at radius 1 is 1.12 bits per heavy atom. The molecule has 0 radical (unpaired) electrons. The maximum atomic E-state index is 12.7. The molecule has 0 aliphatic carbocycles. The fourth-order valence-corrected chi connectivity index (χ4v) is 4.57. The van der Waals surface area contributed by atoms with Crippen molar-refractivity contribution in [2.75, 3.05) is 26.2 Å². The number of hydrogen-bond donors (Lipinski definition) is 1.